The summed E-state index contributed by atoms with van der Waals surface area (Å²) in [4.78, 5) is 15.5. The Morgan fingerprint density at radius 2 is 1.00 bits per heavy atom. The first kappa shape index (κ1) is 31.5. The van der Waals surface area contributed by atoms with Crippen molar-refractivity contribution in [2.75, 3.05) is 0 Å². The minimum Gasteiger partial charge on any atom is -0.456 e. The maximum Gasteiger partial charge on any atom is 0.166 e. The first-order valence-corrected chi connectivity index (χ1v) is 19.0. The van der Waals surface area contributed by atoms with Crippen molar-refractivity contribution in [3.63, 3.8) is 0 Å². The van der Waals surface area contributed by atoms with E-state index < -0.39 is 0 Å². The molecule has 0 amide bonds. The Bertz CT molecular complexity index is 3530. The average molecular weight is 731 g/mol. The predicted octanol–water partition coefficient (Wildman–Crippen LogP) is 13.4. The van der Waals surface area contributed by atoms with Crippen LogP contribution in [0.4, 0.5) is 0 Å². The van der Waals surface area contributed by atoms with Crippen molar-refractivity contribution < 1.29 is 8.83 Å². The molecule has 0 atom stereocenters. The highest BCUT2D eigenvalue weighted by atomic mass is 16.3. The van der Waals surface area contributed by atoms with E-state index in [9.17, 15) is 0 Å². The van der Waals surface area contributed by atoms with Gasteiger partial charge in [-0.25, -0.2) is 15.0 Å². The Morgan fingerprint density at radius 3 is 1.86 bits per heavy atom. The van der Waals surface area contributed by atoms with Crippen LogP contribution in [0.2, 0.25) is 0 Å². The molecule has 0 aliphatic carbocycles. The maximum absolute atomic E-state index is 6.59. The van der Waals surface area contributed by atoms with Gasteiger partial charge in [0.2, 0.25) is 0 Å². The standard InChI is InChI=1S/C51H30N4O2/c1-3-14-31(15-4-1)34-21-13-25-44-46(34)39-27-26-33(30-45(39)56-44)50-52-49(32-16-5-2-6-17-32)53-51(54-50)38-20-8-11-23-41(38)55-40-22-10-7-19-37(40)47-42(55)29-28-36-35-18-9-12-24-43(35)57-48(36)47/h1-30H. The van der Waals surface area contributed by atoms with Crippen molar-refractivity contribution in [2.45, 2.75) is 0 Å². The third kappa shape index (κ3) is 4.87. The fourth-order valence-corrected chi connectivity index (χ4v) is 8.52. The second-order valence-electron chi connectivity index (χ2n) is 14.3. The van der Waals surface area contributed by atoms with Gasteiger partial charge >= 0.3 is 0 Å². The van der Waals surface area contributed by atoms with Crippen molar-refractivity contribution in [2.24, 2.45) is 0 Å². The molecule has 0 fully saturated rings. The SMILES string of the molecule is c1ccc(-c2nc(-c3ccc4c(c3)oc3cccc(-c5ccccc5)c34)nc(-c3ccccc3-n3c4ccccc4c4c5oc6ccccc6c5ccc43)n2)cc1. The molecule has 0 bridgehead atoms. The van der Waals surface area contributed by atoms with Gasteiger partial charge in [0, 0.05) is 43.6 Å². The van der Waals surface area contributed by atoms with Crippen molar-refractivity contribution >= 4 is 65.7 Å². The fraction of sp³-hybridized carbons (Fsp3) is 0. The molecule has 12 rings (SSSR count). The molecule has 4 aromatic heterocycles. The summed E-state index contributed by atoms with van der Waals surface area (Å²) in [5.41, 5.74) is 11.3. The van der Waals surface area contributed by atoms with Crippen molar-refractivity contribution in [1.29, 1.82) is 0 Å². The first-order valence-electron chi connectivity index (χ1n) is 19.0. The van der Waals surface area contributed by atoms with Crippen LogP contribution in [0.15, 0.2) is 191 Å². The van der Waals surface area contributed by atoms with Crippen LogP contribution in [0, 0.1) is 0 Å². The molecule has 4 heterocycles. The molecule has 0 saturated heterocycles. The molecule has 0 spiro atoms. The van der Waals surface area contributed by atoms with E-state index in [2.05, 4.69) is 120 Å². The van der Waals surface area contributed by atoms with Crippen LogP contribution in [0.25, 0.3) is 117 Å². The number of rotatable bonds is 5. The maximum atomic E-state index is 6.59. The van der Waals surface area contributed by atoms with Crippen LogP contribution in [0.1, 0.15) is 0 Å². The topological polar surface area (TPSA) is 69.9 Å². The van der Waals surface area contributed by atoms with Crippen LogP contribution in [-0.2, 0) is 0 Å². The summed E-state index contributed by atoms with van der Waals surface area (Å²) in [5, 5.41) is 6.53. The molecule has 0 aliphatic heterocycles. The van der Waals surface area contributed by atoms with E-state index in [0.717, 1.165) is 99.2 Å². The van der Waals surface area contributed by atoms with Crippen LogP contribution in [0.5, 0.6) is 0 Å². The normalized spacial score (nSPS) is 11.9. The summed E-state index contributed by atoms with van der Waals surface area (Å²) in [6.45, 7) is 0. The van der Waals surface area contributed by atoms with Crippen LogP contribution < -0.4 is 0 Å². The number of aromatic nitrogens is 4. The second-order valence-corrected chi connectivity index (χ2v) is 14.3. The van der Waals surface area contributed by atoms with Gasteiger partial charge in [-0.1, -0.05) is 127 Å². The fourth-order valence-electron chi connectivity index (χ4n) is 8.52. The highest BCUT2D eigenvalue weighted by Crippen LogP contribution is 2.43. The van der Waals surface area contributed by atoms with Crippen LogP contribution >= 0.6 is 0 Å². The van der Waals surface area contributed by atoms with E-state index in [1.807, 2.05) is 66.7 Å². The smallest absolute Gasteiger partial charge is 0.166 e. The molecule has 6 heteroatoms. The van der Waals surface area contributed by atoms with Crippen LogP contribution in [0.3, 0.4) is 0 Å². The van der Waals surface area contributed by atoms with Gasteiger partial charge in [0.15, 0.2) is 17.5 Å². The lowest BCUT2D eigenvalue weighted by molar-refractivity contribution is 0.669. The van der Waals surface area contributed by atoms with Gasteiger partial charge in [-0.15, -0.1) is 0 Å². The summed E-state index contributed by atoms with van der Waals surface area (Å²) >= 11 is 0. The highest BCUT2D eigenvalue weighted by Gasteiger charge is 2.22. The van der Waals surface area contributed by atoms with E-state index >= 15 is 0 Å². The lowest BCUT2D eigenvalue weighted by atomic mass is 9.99. The Hall–Kier alpha value is -7.83. The number of nitrogens with zero attached hydrogens (tertiary/aromatic N) is 4. The molecule has 266 valence electrons. The van der Waals surface area contributed by atoms with Gasteiger partial charge in [0.1, 0.15) is 22.3 Å². The summed E-state index contributed by atoms with van der Waals surface area (Å²) < 4.78 is 15.4. The van der Waals surface area contributed by atoms with E-state index in [4.69, 9.17) is 23.8 Å². The zero-order valence-electron chi connectivity index (χ0n) is 30.4. The molecule has 0 saturated carbocycles. The molecular weight excluding hydrogens is 701 g/mol. The Kier molecular flexibility index (Phi) is 6.83. The molecule has 0 radical (unpaired) electrons. The van der Waals surface area contributed by atoms with E-state index in [-0.39, 0.29) is 0 Å². The number of hydrogen-bond donors (Lipinski definition) is 0. The molecule has 57 heavy (non-hydrogen) atoms. The zero-order chi connectivity index (χ0) is 37.5. The van der Waals surface area contributed by atoms with E-state index in [1.165, 1.54) is 0 Å². The number of fused-ring (bicyclic) bond motifs is 10. The molecular formula is C51H30N4O2. The zero-order valence-corrected chi connectivity index (χ0v) is 30.4. The Labute approximate surface area is 325 Å². The molecule has 0 aliphatic rings. The van der Waals surface area contributed by atoms with E-state index in [1.54, 1.807) is 0 Å². The molecule has 8 aromatic carbocycles. The average Bonchev–Trinajstić information content (AvgIpc) is 3.96. The summed E-state index contributed by atoms with van der Waals surface area (Å²) in [6.07, 6.45) is 0. The molecule has 12 aromatic rings. The Morgan fingerprint density at radius 1 is 0.351 bits per heavy atom. The van der Waals surface area contributed by atoms with E-state index in [0.29, 0.717) is 17.5 Å². The molecule has 0 unspecified atom stereocenters. The number of hydrogen-bond acceptors (Lipinski definition) is 5. The third-order valence-corrected chi connectivity index (χ3v) is 11.1. The number of para-hydroxylation sites is 3. The molecule has 6 nitrogen and oxygen atoms in total. The van der Waals surface area contributed by atoms with Crippen LogP contribution in [-0.4, -0.2) is 19.5 Å². The Balaban J connectivity index is 1.08. The van der Waals surface area contributed by atoms with Gasteiger partial charge in [0.25, 0.3) is 0 Å². The lowest BCUT2D eigenvalue weighted by Gasteiger charge is -2.14. The monoisotopic (exact) mass is 730 g/mol. The summed E-state index contributed by atoms with van der Waals surface area (Å²) in [5.74, 6) is 1.72. The first-order chi connectivity index (χ1) is 28.3. The quantitative estimate of drug-likeness (QED) is 0.176. The highest BCUT2D eigenvalue weighted by molar-refractivity contribution is 6.24. The third-order valence-electron chi connectivity index (χ3n) is 11.1. The molecule has 0 N–H and O–H groups in total. The van der Waals surface area contributed by atoms with Gasteiger partial charge in [-0.3, -0.25) is 0 Å². The van der Waals surface area contributed by atoms with Crippen molar-refractivity contribution in [3.05, 3.63) is 182 Å². The van der Waals surface area contributed by atoms with Gasteiger partial charge < -0.3 is 13.4 Å². The van der Waals surface area contributed by atoms with Gasteiger partial charge in [-0.2, -0.15) is 0 Å². The minimum atomic E-state index is 0.561. The predicted molar refractivity (Wildman–Crippen MR) is 230 cm³/mol. The lowest BCUT2D eigenvalue weighted by Crippen LogP contribution is -2.03. The second kappa shape index (κ2) is 12.3. The van der Waals surface area contributed by atoms with Crippen molar-refractivity contribution in [3.8, 4) is 51.0 Å². The van der Waals surface area contributed by atoms with Gasteiger partial charge in [0.05, 0.1) is 22.1 Å². The number of benzene rings is 8. The summed E-state index contributed by atoms with van der Waals surface area (Å²) in [7, 11) is 0. The van der Waals surface area contributed by atoms with Crippen molar-refractivity contribution in [1.82, 2.24) is 19.5 Å². The minimum absolute atomic E-state index is 0.561. The van der Waals surface area contributed by atoms with Gasteiger partial charge in [-0.05, 0) is 65.7 Å². The largest absolute Gasteiger partial charge is 0.456 e. The summed E-state index contributed by atoms with van der Waals surface area (Å²) in [6, 6.07) is 62.5. The number of furan rings is 2.